The number of aliphatic hydroxyl groups is 2. The van der Waals surface area contributed by atoms with E-state index in [1.54, 1.807) is 6.20 Å². The Morgan fingerprint density at radius 1 is 1.28 bits per heavy atom. The number of aliphatic hydroxyl groups excluding tert-OH is 1. The fraction of sp³-hybridized carbons (Fsp3) is 0.611. The minimum absolute atomic E-state index is 0.178. The van der Waals surface area contributed by atoms with Crippen LogP contribution < -0.4 is 5.32 Å². The first-order valence-electron chi connectivity index (χ1n) is 8.98. The van der Waals surface area contributed by atoms with Gasteiger partial charge in [0.1, 0.15) is 6.61 Å². The molecule has 4 atom stereocenters. The van der Waals surface area contributed by atoms with Gasteiger partial charge in [-0.1, -0.05) is 0 Å². The van der Waals surface area contributed by atoms with Crippen molar-refractivity contribution in [3.63, 3.8) is 0 Å². The molecule has 7 heteroatoms. The van der Waals surface area contributed by atoms with Crippen molar-refractivity contribution in [1.82, 2.24) is 15.2 Å². The number of aromatic nitrogens is 3. The SMILES string of the molecule is O=C(CO)c1nnc2[nH]ccc2c1N[C@@]12C[C@@H]3C[C@@H](CC(O)(C3)C1)C2. The van der Waals surface area contributed by atoms with E-state index in [0.717, 1.165) is 31.1 Å². The first-order valence-corrected chi connectivity index (χ1v) is 8.98. The molecular formula is C18H22N4O3. The third kappa shape index (κ3) is 2.29. The average molecular weight is 342 g/mol. The Morgan fingerprint density at radius 2 is 2.04 bits per heavy atom. The molecule has 4 saturated carbocycles. The van der Waals surface area contributed by atoms with E-state index in [9.17, 15) is 15.0 Å². The lowest BCUT2D eigenvalue weighted by Crippen LogP contribution is -2.62. The first-order chi connectivity index (χ1) is 12.0. The molecule has 0 aromatic carbocycles. The van der Waals surface area contributed by atoms with Gasteiger partial charge in [-0.2, -0.15) is 0 Å². The summed E-state index contributed by atoms with van der Waals surface area (Å²) in [5.74, 6) is 0.626. The Bertz CT molecular complexity index is 847. The van der Waals surface area contributed by atoms with Crippen LogP contribution in [0.5, 0.6) is 0 Å². The van der Waals surface area contributed by atoms with Gasteiger partial charge in [0.2, 0.25) is 5.78 Å². The highest BCUT2D eigenvalue weighted by Gasteiger charge is 2.57. The number of carbonyl (C=O) groups excluding carboxylic acids is 1. The minimum Gasteiger partial charge on any atom is -0.390 e. The highest BCUT2D eigenvalue weighted by Crippen LogP contribution is 2.58. The molecule has 4 aliphatic rings. The van der Waals surface area contributed by atoms with Crippen LogP contribution in [0.2, 0.25) is 0 Å². The molecule has 0 spiro atoms. The standard InChI is InChI=1S/C18H22N4O3/c23-8-13(24)15-14(12-1-2-19-16(12)22-21-15)20-17-4-10-3-11(5-17)7-18(25,6-10)9-17/h1-2,10-11,23,25H,3-9H2,(H2,19,20,22)/t10-,11+,17+,18?. The molecule has 6 rings (SSSR count). The predicted molar refractivity (Wildman–Crippen MR) is 91.3 cm³/mol. The van der Waals surface area contributed by atoms with Gasteiger partial charge in [0, 0.05) is 17.1 Å². The number of Topliss-reactive ketones (excluding diaryl/α,β-unsaturated/α-hetero) is 1. The van der Waals surface area contributed by atoms with Gasteiger partial charge >= 0.3 is 0 Å². The molecule has 4 aliphatic carbocycles. The fourth-order valence-electron chi connectivity index (χ4n) is 5.94. The van der Waals surface area contributed by atoms with Crippen LogP contribution in [0.1, 0.15) is 49.0 Å². The maximum absolute atomic E-state index is 12.2. The van der Waals surface area contributed by atoms with E-state index in [2.05, 4.69) is 20.5 Å². The summed E-state index contributed by atoms with van der Waals surface area (Å²) in [5.41, 5.74) is 0.626. The fourth-order valence-corrected chi connectivity index (χ4v) is 5.94. The van der Waals surface area contributed by atoms with E-state index < -0.39 is 18.0 Å². The van der Waals surface area contributed by atoms with Gasteiger partial charge in [-0.25, -0.2) is 0 Å². The van der Waals surface area contributed by atoms with Gasteiger partial charge < -0.3 is 20.5 Å². The van der Waals surface area contributed by atoms with Crippen LogP contribution >= 0.6 is 0 Å². The van der Waals surface area contributed by atoms with Crippen LogP contribution in [0.25, 0.3) is 11.0 Å². The molecule has 0 amide bonds. The van der Waals surface area contributed by atoms with Crippen molar-refractivity contribution in [3.8, 4) is 0 Å². The highest BCUT2D eigenvalue weighted by molar-refractivity contribution is 6.06. The number of anilines is 1. The summed E-state index contributed by atoms with van der Waals surface area (Å²) in [7, 11) is 0. The van der Waals surface area contributed by atoms with Gasteiger partial charge in [-0.15, -0.1) is 10.2 Å². The van der Waals surface area contributed by atoms with Crippen LogP contribution in [0.15, 0.2) is 12.3 Å². The third-order valence-electron chi connectivity index (χ3n) is 6.31. The molecule has 132 valence electrons. The van der Waals surface area contributed by atoms with Crippen molar-refractivity contribution in [2.75, 3.05) is 11.9 Å². The molecule has 2 aromatic rings. The summed E-state index contributed by atoms with van der Waals surface area (Å²) in [6.07, 6.45) is 7.47. The summed E-state index contributed by atoms with van der Waals surface area (Å²) in [6.45, 7) is -0.596. The van der Waals surface area contributed by atoms with Crippen LogP contribution in [-0.2, 0) is 0 Å². The Balaban J connectivity index is 1.60. The highest BCUT2D eigenvalue weighted by atomic mass is 16.3. The summed E-state index contributed by atoms with van der Waals surface area (Å²) < 4.78 is 0. The van der Waals surface area contributed by atoms with Crippen LogP contribution in [-0.4, -0.2) is 48.9 Å². The monoisotopic (exact) mass is 342 g/mol. The van der Waals surface area contributed by atoms with Crippen molar-refractivity contribution in [3.05, 3.63) is 18.0 Å². The minimum atomic E-state index is -0.596. The lowest BCUT2D eigenvalue weighted by atomic mass is 9.51. The zero-order valence-corrected chi connectivity index (χ0v) is 14.0. The number of fused-ring (bicyclic) bond motifs is 1. The second-order valence-corrected chi connectivity index (χ2v) is 8.34. The largest absolute Gasteiger partial charge is 0.390 e. The number of ketones is 1. The first kappa shape index (κ1) is 15.3. The van der Waals surface area contributed by atoms with Crippen LogP contribution in [0.3, 0.4) is 0 Å². The molecular weight excluding hydrogens is 320 g/mol. The molecule has 4 bridgehead atoms. The number of nitrogens with one attached hydrogen (secondary N) is 2. The number of carbonyl (C=O) groups is 1. The van der Waals surface area contributed by atoms with Crippen LogP contribution in [0.4, 0.5) is 5.69 Å². The maximum Gasteiger partial charge on any atom is 0.210 e. The summed E-state index contributed by atoms with van der Waals surface area (Å²) in [4.78, 5) is 15.2. The topological polar surface area (TPSA) is 111 Å². The van der Waals surface area contributed by atoms with E-state index in [-0.39, 0.29) is 11.2 Å². The molecule has 4 N–H and O–H groups in total. The van der Waals surface area contributed by atoms with Crippen molar-refractivity contribution in [2.24, 2.45) is 11.8 Å². The van der Waals surface area contributed by atoms with Gasteiger partial charge in [-0.05, 0) is 56.4 Å². The maximum atomic E-state index is 12.2. The predicted octanol–water partition coefficient (Wildman–Crippen LogP) is 1.63. The van der Waals surface area contributed by atoms with E-state index in [4.69, 9.17) is 0 Å². The lowest BCUT2D eigenvalue weighted by Gasteiger charge is -2.60. The number of hydrogen-bond donors (Lipinski definition) is 4. The Morgan fingerprint density at radius 3 is 2.72 bits per heavy atom. The molecule has 0 saturated heterocycles. The number of rotatable bonds is 4. The van der Waals surface area contributed by atoms with Crippen molar-refractivity contribution in [1.29, 1.82) is 0 Å². The number of aromatic amines is 1. The summed E-state index contributed by atoms with van der Waals surface area (Å²) >= 11 is 0. The Kier molecular flexibility index (Phi) is 3.07. The van der Waals surface area contributed by atoms with E-state index in [1.807, 2.05) is 6.07 Å². The average Bonchev–Trinajstić information content (AvgIpc) is 3.01. The number of H-pyrrole nitrogens is 1. The zero-order chi connectivity index (χ0) is 17.2. The smallest absolute Gasteiger partial charge is 0.210 e. The number of hydrogen-bond acceptors (Lipinski definition) is 6. The molecule has 2 aromatic heterocycles. The molecule has 25 heavy (non-hydrogen) atoms. The quantitative estimate of drug-likeness (QED) is 0.629. The molecule has 0 radical (unpaired) electrons. The summed E-state index contributed by atoms with van der Waals surface area (Å²) in [6, 6.07) is 1.87. The van der Waals surface area contributed by atoms with E-state index in [1.165, 1.54) is 6.42 Å². The Hall–Kier alpha value is -1.99. The second-order valence-electron chi connectivity index (χ2n) is 8.34. The second kappa shape index (κ2) is 5.02. The zero-order valence-electron chi connectivity index (χ0n) is 14.0. The normalized spacial score (nSPS) is 36.1. The van der Waals surface area contributed by atoms with Gasteiger partial charge in [0.25, 0.3) is 0 Å². The molecule has 1 unspecified atom stereocenters. The van der Waals surface area contributed by atoms with Gasteiger partial charge in [0.15, 0.2) is 11.3 Å². The molecule has 7 nitrogen and oxygen atoms in total. The number of nitrogens with zero attached hydrogens (tertiary/aromatic N) is 2. The van der Waals surface area contributed by atoms with Crippen LogP contribution in [0, 0.1) is 11.8 Å². The Labute approximate surface area is 144 Å². The molecule has 2 heterocycles. The van der Waals surface area contributed by atoms with Gasteiger partial charge in [0.05, 0.1) is 11.3 Å². The third-order valence-corrected chi connectivity index (χ3v) is 6.31. The van der Waals surface area contributed by atoms with Crippen molar-refractivity contribution < 1.29 is 15.0 Å². The van der Waals surface area contributed by atoms with E-state index in [0.29, 0.717) is 29.6 Å². The molecule has 4 fully saturated rings. The summed E-state index contributed by atoms with van der Waals surface area (Å²) in [5, 5.41) is 32.8. The molecule has 0 aliphatic heterocycles. The lowest BCUT2D eigenvalue weighted by molar-refractivity contribution is -0.127. The van der Waals surface area contributed by atoms with E-state index >= 15 is 0 Å². The van der Waals surface area contributed by atoms with Crippen molar-refractivity contribution >= 4 is 22.5 Å². The van der Waals surface area contributed by atoms with Gasteiger partial charge in [-0.3, -0.25) is 4.79 Å². The van der Waals surface area contributed by atoms with Crippen molar-refractivity contribution in [2.45, 2.75) is 49.7 Å².